The number of amides is 2. The van der Waals surface area contributed by atoms with E-state index in [0.29, 0.717) is 6.04 Å². The van der Waals surface area contributed by atoms with Gasteiger partial charge >= 0.3 is 6.03 Å². The van der Waals surface area contributed by atoms with Gasteiger partial charge in [0.1, 0.15) is 0 Å². The molecule has 0 aliphatic carbocycles. The van der Waals surface area contributed by atoms with Crippen LogP contribution in [0.1, 0.15) is 44.3 Å². The molecule has 2 fully saturated rings. The van der Waals surface area contributed by atoms with Crippen molar-refractivity contribution in [3.63, 3.8) is 0 Å². The highest BCUT2D eigenvalue weighted by atomic mass is 16.5. The molecular formula is C15H25N5O2. The van der Waals surface area contributed by atoms with E-state index in [4.69, 9.17) is 4.52 Å². The van der Waals surface area contributed by atoms with Gasteiger partial charge in [0.25, 0.3) is 0 Å². The molecule has 0 saturated carbocycles. The molecule has 0 atom stereocenters. The summed E-state index contributed by atoms with van der Waals surface area (Å²) in [6.07, 6.45) is 5.14. The lowest BCUT2D eigenvalue weighted by Gasteiger charge is -2.35. The largest absolute Gasteiger partial charge is 0.339 e. The Hall–Kier alpha value is -1.63. The second-order valence-corrected chi connectivity index (χ2v) is 6.14. The van der Waals surface area contributed by atoms with E-state index < -0.39 is 0 Å². The molecule has 0 unspecified atom stereocenters. The van der Waals surface area contributed by atoms with Crippen LogP contribution in [0.15, 0.2) is 4.52 Å². The van der Waals surface area contributed by atoms with Crippen molar-refractivity contribution in [1.29, 1.82) is 0 Å². The van der Waals surface area contributed by atoms with Gasteiger partial charge < -0.3 is 14.7 Å². The van der Waals surface area contributed by atoms with Crippen molar-refractivity contribution in [2.24, 2.45) is 0 Å². The lowest BCUT2D eigenvalue weighted by molar-refractivity contribution is 0.130. The summed E-state index contributed by atoms with van der Waals surface area (Å²) >= 11 is 0. The number of unbranched alkanes of at least 4 members (excludes halogenated alkanes) is 1. The molecule has 7 heteroatoms. The van der Waals surface area contributed by atoms with Gasteiger partial charge in [-0.2, -0.15) is 4.98 Å². The second kappa shape index (κ2) is 7.09. The van der Waals surface area contributed by atoms with Gasteiger partial charge in [0, 0.05) is 38.6 Å². The van der Waals surface area contributed by atoms with E-state index in [9.17, 15) is 4.79 Å². The monoisotopic (exact) mass is 307 g/mol. The van der Waals surface area contributed by atoms with Crippen LogP contribution in [-0.4, -0.2) is 58.2 Å². The molecule has 22 heavy (non-hydrogen) atoms. The molecular weight excluding hydrogens is 282 g/mol. The summed E-state index contributed by atoms with van der Waals surface area (Å²) in [5, 5.41) is 6.95. The van der Waals surface area contributed by atoms with Crippen LogP contribution < -0.4 is 5.32 Å². The van der Waals surface area contributed by atoms with Gasteiger partial charge in [-0.3, -0.25) is 4.90 Å². The van der Waals surface area contributed by atoms with Crippen molar-refractivity contribution >= 4 is 6.03 Å². The Bertz CT molecular complexity index is 496. The quantitative estimate of drug-likeness (QED) is 0.860. The van der Waals surface area contributed by atoms with Crippen molar-refractivity contribution in [3.8, 4) is 0 Å². The van der Waals surface area contributed by atoms with E-state index in [1.165, 1.54) is 0 Å². The molecule has 0 spiro atoms. The Kier molecular flexibility index (Phi) is 4.92. The fourth-order valence-corrected chi connectivity index (χ4v) is 3.21. The van der Waals surface area contributed by atoms with E-state index in [1.54, 1.807) is 0 Å². The SMILES string of the molecule is CCCCc1nc(CN2CCC(N3CCNC3=O)CC2)no1. The topological polar surface area (TPSA) is 74.5 Å². The van der Waals surface area contributed by atoms with Gasteiger partial charge in [-0.1, -0.05) is 18.5 Å². The van der Waals surface area contributed by atoms with Crippen LogP contribution >= 0.6 is 0 Å². The number of carbonyl (C=O) groups excluding carboxylic acids is 1. The zero-order chi connectivity index (χ0) is 15.4. The molecule has 2 saturated heterocycles. The van der Waals surface area contributed by atoms with Crippen molar-refractivity contribution in [3.05, 3.63) is 11.7 Å². The standard InChI is InChI=1S/C15H25N5O2/c1-2-3-4-14-17-13(18-22-14)11-19-8-5-12(6-9-19)20-10-7-16-15(20)21/h12H,2-11H2,1H3,(H,16,21). The third-order valence-corrected chi connectivity index (χ3v) is 4.51. The minimum absolute atomic E-state index is 0.0946. The minimum Gasteiger partial charge on any atom is -0.339 e. The summed E-state index contributed by atoms with van der Waals surface area (Å²) in [7, 11) is 0. The molecule has 0 aromatic carbocycles. The highest BCUT2D eigenvalue weighted by Gasteiger charge is 2.30. The second-order valence-electron chi connectivity index (χ2n) is 6.14. The van der Waals surface area contributed by atoms with E-state index >= 15 is 0 Å². The summed E-state index contributed by atoms with van der Waals surface area (Å²) in [6, 6.07) is 0.473. The van der Waals surface area contributed by atoms with Gasteiger partial charge in [-0.15, -0.1) is 0 Å². The molecule has 122 valence electrons. The predicted molar refractivity (Wildman–Crippen MR) is 81.3 cm³/mol. The molecule has 7 nitrogen and oxygen atoms in total. The first-order chi connectivity index (χ1) is 10.8. The first-order valence-corrected chi connectivity index (χ1v) is 8.34. The first kappa shape index (κ1) is 15.3. The number of aromatic nitrogens is 2. The molecule has 1 N–H and O–H groups in total. The number of rotatable bonds is 6. The molecule has 2 aliphatic rings. The Morgan fingerprint density at radius 2 is 2.14 bits per heavy atom. The normalized spacial score (nSPS) is 20.6. The number of piperidine rings is 1. The van der Waals surface area contributed by atoms with Crippen LogP contribution in [0.4, 0.5) is 4.79 Å². The molecule has 1 aromatic heterocycles. The number of likely N-dealkylation sites (tertiary alicyclic amines) is 1. The highest BCUT2D eigenvalue weighted by Crippen LogP contribution is 2.19. The third kappa shape index (κ3) is 3.58. The maximum absolute atomic E-state index is 11.7. The van der Waals surface area contributed by atoms with Crippen LogP contribution in [0.3, 0.4) is 0 Å². The Morgan fingerprint density at radius 3 is 2.82 bits per heavy atom. The van der Waals surface area contributed by atoms with Gasteiger partial charge in [-0.05, 0) is 19.3 Å². The molecule has 2 aliphatic heterocycles. The number of carbonyl (C=O) groups is 1. The maximum atomic E-state index is 11.7. The molecule has 3 rings (SSSR count). The smallest absolute Gasteiger partial charge is 0.317 e. The van der Waals surface area contributed by atoms with Crippen molar-refractivity contribution in [2.75, 3.05) is 26.2 Å². The zero-order valence-corrected chi connectivity index (χ0v) is 13.3. The van der Waals surface area contributed by atoms with E-state index in [1.807, 2.05) is 4.90 Å². The lowest BCUT2D eigenvalue weighted by Crippen LogP contribution is -2.45. The number of hydrogen-bond acceptors (Lipinski definition) is 5. The van der Waals surface area contributed by atoms with Crippen LogP contribution in [0, 0.1) is 0 Å². The summed E-state index contributed by atoms with van der Waals surface area (Å²) in [4.78, 5) is 20.5. The third-order valence-electron chi connectivity index (χ3n) is 4.51. The fourth-order valence-electron chi connectivity index (χ4n) is 3.21. The van der Waals surface area contributed by atoms with Crippen molar-refractivity contribution in [1.82, 2.24) is 25.3 Å². The average molecular weight is 307 g/mol. The summed E-state index contributed by atoms with van der Waals surface area (Å²) in [5.41, 5.74) is 0. The van der Waals surface area contributed by atoms with Gasteiger partial charge in [-0.25, -0.2) is 4.79 Å². The fraction of sp³-hybridized carbons (Fsp3) is 0.800. The van der Waals surface area contributed by atoms with Crippen molar-refractivity contribution < 1.29 is 9.32 Å². The first-order valence-electron chi connectivity index (χ1n) is 8.34. The minimum atomic E-state index is 0.0946. The van der Waals surface area contributed by atoms with Crippen LogP contribution in [-0.2, 0) is 13.0 Å². The molecule has 0 radical (unpaired) electrons. The number of hydrogen-bond donors (Lipinski definition) is 1. The van der Waals surface area contributed by atoms with Gasteiger partial charge in [0.15, 0.2) is 5.82 Å². The van der Waals surface area contributed by atoms with Crippen molar-refractivity contribution in [2.45, 2.75) is 51.6 Å². The Balaban J connectivity index is 1.45. The number of nitrogens with one attached hydrogen (secondary N) is 1. The molecule has 1 aromatic rings. The highest BCUT2D eigenvalue weighted by molar-refractivity contribution is 5.76. The van der Waals surface area contributed by atoms with Crippen LogP contribution in [0.2, 0.25) is 0 Å². The van der Waals surface area contributed by atoms with E-state index in [0.717, 1.165) is 76.5 Å². The molecule has 0 bridgehead atoms. The van der Waals surface area contributed by atoms with Gasteiger partial charge in [0.05, 0.1) is 6.54 Å². The average Bonchev–Trinajstić information content (AvgIpc) is 3.15. The zero-order valence-electron chi connectivity index (χ0n) is 13.3. The number of nitrogens with zero attached hydrogens (tertiary/aromatic N) is 4. The summed E-state index contributed by atoms with van der Waals surface area (Å²) in [5.74, 6) is 1.53. The summed E-state index contributed by atoms with van der Waals surface area (Å²) in [6.45, 7) is 6.48. The number of urea groups is 1. The van der Waals surface area contributed by atoms with Crippen LogP contribution in [0.25, 0.3) is 0 Å². The Labute approximate surface area is 131 Å². The Morgan fingerprint density at radius 1 is 1.32 bits per heavy atom. The van der Waals surface area contributed by atoms with E-state index in [-0.39, 0.29) is 6.03 Å². The molecule has 2 amide bonds. The van der Waals surface area contributed by atoms with E-state index in [2.05, 4.69) is 27.3 Å². The van der Waals surface area contributed by atoms with Crippen LogP contribution in [0.5, 0.6) is 0 Å². The predicted octanol–water partition coefficient (Wildman–Crippen LogP) is 1.40. The van der Waals surface area contributed by atoms with Gasteiger partial charge in [0.2, 0.25) is 5.89 Å². The molecule has 3 heterocycles. The number of aryl methyl sites for hydroxylation is 1. The lowest BCUT2D eigenvalue weighted by atomic mass is 10.0. The maximum Gasteiger partial charge on any atom is 0.317 e. The summed E-state index contributed by atoms with van der Waals surface area (Å²) < 4.78 is 5.28.